The number of rotatable bonds is 6. The lowest BCUT2D eigenvalue weighted by atomic mass is 10.1. The Kier molecular flexibility index (Phi) is 6.07. The summed E-state index contributed by atoms with van der Waals surface area (Å²) in [5.41, 5.74) is 2.73. The molecule has 174 valence electrons. The van der Waals surface area contributed by atoms with E-state index in [0.29, 0.717) is 35.9 Å². The average Bonchev–Trinajstić information content (AvgIpc) is 3.29. The van der Waals surface area contributed by atoms with Gasteiger partial charge in [0.15, 0.2) is 0 Å². The number of nitrogens with zero attached hydrogens (tertiary/aromatic N) is 5. The molecule has 0 bridgehead atoms. The number of carbonyl (C=O) groups excluding carboxylic acids is 2. The number of pyridine rings is 1. The Morgan fingerprint density at radius 1 is 1.18 bits per heavy atom. The molecule has 9 nitrogen and oxygen atoms in total. The van der Waals surface area contributed by atoms with Gasteiger partial charge in [-0.1, -0.05) is 12.1 Å². The van der Waals surface area contributed by atoms with E-state index in [4.69, 9.17) is 0 Å². The first-order valence-electron chi connectivity index (χ1n) is 11.6. The van der Waals surface area contributed by atoms with Gasteiger partial charge in [-0.05, 0) is 49.6 Å². The molecule has 0 aliphatic carbocycles. The topological polar surface area (TPSA) is 103 Å². The average molecular weight is 458 g/mol. The first-order chi connectivity index (χ1) is 16.6. The highest BCUT2D eigenvalue weighted by atomic mass is 16.2. The van der Waals surface area contributed by atoms with E-state index in [1.54, 1.807) is 24.5 Å². The van der Waals surface area contributed by atoms with Crippen molar-refractivity contribution in [2.24, 2.45) is 0 Å². The van der Waals surface area contributed by atoms with Crippen LogP contribution in [0.4, 0.5) is 17.5 Å². The van der Waals surface area contributed by atoms with Crippen molar-refractivity contribution in [2.75, 3.05) is 35.2 Å². The normalized spacial score (nSPS) is 17.1. The summed E-state index contributed by atoms with van der Waals surface area (Å²) in [6, 6.07) is 11.3. The Morgan fingerprint density at radius 3 is 2.79 bits per heavy atom. The molecule has 0 spiro atoms. The molecule has 1 atom stereocenters. The molecular formula is C25H27N7O2. The number of carbonyl (C=O) groups is 2. The van der Waals surface area contributed by atoms with Gasteiger partial charge in [0, 0.05) is 56.5 Å². The van der Waals surface area contributed by atoms with Crippen LogP contribution in [0.3, 0.4) is 0 Å². The number of hydrogen-bond donors (Lipinski definition) is 2. The van der Waals surface area contributed by atoms with Crippen molar-refractivity contribution in [3.05, 3.63) is 71.7 Å². The lowest BCUT2D eigenvalue weighted by molar-refractivity contribution is 0.0741. The highest BCUT2D eigenvalue weighted by molar-refractivity contribution is 6.04. The maximum absolute atomic E-state index is 13.4. The van der Waals surface area contributed by atoms with Gasteiger partial charge in [0.1, 0.15) is 11.4 Å². The van der Waals surface area contributed by atoms with Crippen molar-refractivity contribution in [1.29, 1.82) is 0 Å². The Labute approximate surface area is 198 Å². The monoisotopic (exact) mass is 457 g/mol. The predicted molar refractivity (Wildman–Crippen MR) is 130 cm³/mol. The summed E-state index contributed by atoms with van der Waals surface area (Å²) in [5.74, 6) is 1.02. The molecule has 9 heteroatoms. The number of fused-ring (bicyclic) bond motifs is 3. The zero-order chi connectivity index (χ0) is 23.5. The second-order valence-electron chi connectivity index (χ2n) is 8.53. The zero-order valence-electron chi connectivity index (χ0n) is 19.1. The van der Waals surface area contributed by atoms with Crippen molar-refractivity contribution in [1.82, 2.24) is 19.9 Å². The molecule has 1 aromatic carbocycles. The summed E-state index contributed by atoms with van der Waals surface area (Å²) >= 11 is 0. The van der Waals surface area contributed by atoms with Crippen LogP contribution in [-0.4, -0.2) is 57.3 Å². The maximum Gasteiger partial charge on any atom is 0.259 e. The minimum Gasteiger partial charge on any atom is -0.354 e. The van der Waals surface area contributed by atoms with Crippen LogP contribution in [0.1, 0.15) is 46.0 Å². The minimum atomic E-state index is -0.210. The van der Waals surface area contributed by atoms with Crippen LogP contribution >= 0.6 is 0 Å². The van der Waals surface area contributed by atoms with E-state index >= 15 is 0 Å². The van der Waals surface area contributed by atoms with Gasteiger partial charge in [0.2, 0.25) is 5.95 Å². The largest absolute Gasteiger partial charge is 0.354 e. The molecule has 2 N–H and O–H groups in total. The third-order valence-electron chi connectivity index (χ3n) is 6.21. The maximum atomic E-state index is 13.4. The van der Waals surface area contributed by atoms with E-state index in [1.807, 2.05) is 36.1 Å². The summed E-state index contributed by atoms with van der Waals surface area (Å²) in [5, 5.41) is 6.02. The van der Waals surface area contributed by atoms with Crippen LogP contribution in [0, 0.1) is 0 Å². The predicted octanol–water partition coefficient (Wildman–Crippen LogP) is 3.18. The zero-order valence-corrected chi connectivity index (χ0v) is 19.1. The molecule has 0 radical (unpaired) electrons. The van der Waals surface area contributed by atoms with E-state index in [-0.39, 0.29) is 17.9 Å². The second-order valence-corrected chi connectivity index (χ2v) is 8.53. The smallest absolute Gasteiger partial charge is 0.259 e. The second kappa shape index (κ2) is 9.46. The fourth-order valence-electron chi connectivity index (χ4n) is 4.55. The van der Waals surface area contributed by atoms with Crippen molar-refractivity contribution < 1.29 is 9.59 Å². The van der Waals surface area contributed by atoms with Gasteiger partial charge < -0.3 is 20.4 Å². The molecule has 1 saturated heterocycles. The van der Waals surface area contributed by atoms with Gasteiger partial charge in [-0.25, -0.2) is 4.98 Å². The summed E-state index contributed by atoms with van der Waals surface area (Å²) in [6.07, 6.45) is 6.92. The molecule has 2 aromatic heterocycles. The van der Waals surface area contributed by atoms with Crippen LogP contribution in [0.25, 0.3) is 0 Å². The van der Waals surface area contributed by atoms with E-state index < -0.39 is 0 Å². The van der Waals surface area contributed by atoms with Gasteiger partial charge >= 0.3 is 0 Å². The Morgan fingerprint density at radius 2 is 2.03 bits per heavy atom. The number of anilines is 3. The number of nitrogens with one attached hydrogen (secondary N) is 2. The summed E-state index contributed by atoms with van der Waals surface area (Å²) in [7, 11) is 0. The van der Waals surface area contributed by atoms with Crippen LogP contribution in [0.15, 0.2) is 55.0 Å². The fourth-order valence-corrected chi connectivity index (χ4v) is 4.55. The third-order valence-corrected chi connectivity index (χ3v) is 6.21. The van der Waals surface area contributed by atoms with E-state index in [9.17, 15) is 9.59 Å². The van der Waals surface area contributed by atoms with Gasteiger partial charge in [0.05, 0.1) is 5.56 Å². The summed E-state index contributed by atoms with van der Waals surface area (Å²) in [6.45, 7) is 4.74. The Bertz CT molecular complexity index is 1180. The fraction of sp³-hybridized carbons (Fsp3) is 0.320. The van der Waals surface area contributed by atoms with Crippen molar-refractivity contribution in [3.63, 3.8) is 0 Å². The summed E-state index contributed by atoms with van der Waals surface area (Å²) in [4.78, 5) is 43.0. The van der Waals surface area contributed by atoms with Crippen LogP contribution in [0.5, 0.6) is 0 Å². The first-order valence-corrected chi connectivity index (χ1v) is 11.6. The van der Waals surface area contributed by atoms with Crippen molar-refractivity contribution in [3.8, 4) is 0 Å². The van der Waals surface area contributed by atoms with Gasteiger partial charge in [-0.2, -0.15) is 4.98 Å². The van der Waals surface area contributed by atoms with Gasteiger partial charge in [-0.3, -0.25) is 14.6 Å². The molecule has 2 amide bonds. The minimum absolute atomic E-state index is 0.0543. The molecule has 4 heterocycles. The number of benzene rings is 1. The van der Waals surface area contributed by atoms with E-state index in [1.165, 1.54) is 6.20 Å². The third kappa shape index (κ3) is 4.41. The number of hydrogen-bond acceptors (Lipinski definition) is 7. The van der Waals surface area contributed by atoms with Crippen LogP contribution in [0.2, 0.25) is 0 Å². The quantitative estimate of drug-likeness (QED) is 0.586. The standard InChI is InChI=1S/C25H27N7O2/c1-2-27-25-28-14-21-22(30-25)32-12-4-6-20(32)16-31(24(21)34)15-17-7-9-19(10-8-17)29-23(33)18-5-3-11-26-13-18/h3,5,7-11,13-14,20H,2,4,6,12,15-16H2,1H3,(H,29,33)(H,27,28,30)/t20-/m0/s1. The number of amides is 2. The lowest BCUT2D eigenvalue weighted by Gasteiger charge is -2.27. The van der Waals surface area contributed by atoms with Crippen LogP contribution in [-0.2, 0) is 6.54 Å². The van der Waals surface area contributed by atoms with Crippen LogP contribution < -0.4 is 15.5 Å². The molecule has 0 unspecified atom stereocenters. The SMILES string of the molecule is CCNc1ncc2c(n1)N1CCC[C@H]1CN(Cc1ccc(NC(=O)c3cccnc3)cc1)C2=O. The molecular weight excluding hydrogens is 430 g/mol. The molecule has 0 saturated carbocycles. The first kappa shape index (κ1) is 21.8. The van der Waals surface area contributed by atoms with Gasteiger partial charge in [0.25, 0.3) is 11.8 Å². The number of aromatic nitrogens is 3. The Hall–Kier alpha value is -4.01. The highest BCUT2D eigenvalue weighted by Crippen LogP contribution is 2.32. The van der Waals surface area contributed by atoms with Gasteiger partial charge in [-0.15, -0.1) is 0 Å². The molecule has 1 fully saturated rings. The van der Waals surface area contributed by atoms with Crippen molar-refractivity contribution in [2.45, 2.75) is 32.4 Å². The molecule has 2 aliphatic heterocycles. The lowest BCUT2D eigenvalue weighted by Crippen LogP contribution is -2.39. The molecule has 34 heavy (non-hydrogen) atoms. The molecule has 3 aromatic rings. The molecule has 5 rings (SSSR count). The Balaban J connectivity index is 1.33. The summed E-state index contributed by atoms with van der Waals surface area (Å²) < 4.78 is 0. The van der Waals surface area contributed by atoms with Crippen molar-refractivity contribution >= 4 is 29.3 Å². The van der Waals surface area contributed by atoms with E-state index in [2.05, 4.69) is 30.5 Å². The van der Waals surface area contributed by atoms with E-state index in [0.717, 1.165) is 37.3 Å². The molecule has 2 aliphatic rings. The highest BCUT2D eigenvalue weighted by Gasteiger charge is 2.36.